The minimum Gasteiger partial charge on any atom is -0.378 e. The molecule has 4 nitrogen and oxygen atoms in total. The Hall–Kier alpha value is -0.940. The first kappa shape index (κ1) is 10.6. The van der Waals surface area contributed by atoms with Gasteiger partial charge < -0.3 is 9.64 Å². The highest BCUT2D eigenvalue weighted by Crippen LogP contribution is 2.24. The van der Waals surface area contributed by atoms with Gasteiger partial charge in [0, 0.05) is 13.1 Å². The number of hydrogen-bond donors (Lipinski definition) is 0. The SMILES string of the molecule is O=Cc1ccc(N2CCOCC2)c(Br)n1. The van der Waals surface area contributed by atoms with E-state index in [-0.39, 0.29) is 0 Å². The van der Waals surface area contributed by atoms with Crippen molar-refractivity contribution >= 4 is 27.9 Å². The maximum Gasteiger partial charge on any atom is 0.168 e. The Labute approximate surface area is 96.4 Å². The molecule has 15 heavy (non-hydrogen) atoms. The monoisotopic (exact) mass is 270 g/mol. The normalized spacial score (nSPS) is 16.5. The summed E-state index contributed by atoms with van der Waals surface area (Å²) in [6.45, 7) is 3.20. The van der Waals surface area contributed by atoms with Gasteiger partial charge in [0.2, 0.25) is 0 Å². The van der Waals surface area contributed by atoms with E-state index in [1.165, 1.54) is 0 Å². The lowest BCUT2D eigenvalue weighted by atomic mass is 10.3. The molecule has 0 spiro atoms. The van der Waals surface area contributed by atoms with Crippen molar-refractivity contribution < 1.29 is 9.53 Å². The Kier molecular flexibility index (Phi) is 3.33. The summed E-state index contributed by atoms with van der Waals surface area (Å²) in [6.07, 6.45) is 0.744. The van der Waals surface area contributed by atoms with E-state index >= 15 is 0 Å². The molecule has 0 N–H and O–H groups in total. The van der Waals surface area contributed by atoms with Crippen molar-refractivity contribution in [3.8, 4) is 0 Å². The van der Waals surface area contributed by atoms with Crippen molar-refractivity contribution in [2.75, 3.05) is 31.2 Å². The molecule has 2 rings (SSSR count). The second-order valence-corrected chi connectivity index (χ2v) is 4.01. The molecule has 80 valence electrons. The molecular weight excluding hydrogens is 260 g/mol. The number of ether oxygens (including phenoxy) is 1. The summed E-state index contributed by atoms with van der Waals surface area (Å²) in [4.78, 5) is 16.9. The van der Waals surface area contributed by atoms with Crippen LogP contribution in [0.25, 0.3) is 0 Å². The molecule has 0 amide bonds. The third-order valence-electron chi connectivity index (χ3n) is 2.32. The van der Waals surface area contributed by atoms with Gasteiger partial charge in [-0.15, -0.1) is 0 Å². The van der Waals surface area contributed by atoms with Crippen LogP contribution >= 0.6 is 15.9 Å². The molecule has 2 heterocycles. The van der Waals surface area contributed by atoms with Gasteiger partial charge in [0.15, 0.2) is 6.29 Å². The quantitative estimate of drug-likeness (QED) is 0.603. The molecule has 0 radical (unpaired) electrons. The van der Waals surface area contributed by atoms with Gasteiger partial charge in [-0.3, -0.25) is 4.79 Å². The Morgan fingerprint density at radius 1 is 1.40 bits per heavy atom. The molecule has 0 saturated carbocycles. The molecule has 1 fully saturated rings. The van der Waals surface area contributed by atoms with E-state index in [4.69, 9.17) is 4.74 Å². The van der Waals surface area contributed by atoms with Crippen molar-refractivity contribution in [2.45, 2.75) is 0 Å². The molecule has 0 aromatic carbocycles. The Balaban J connectivity index is 2.23. The van der Waals surface area contributed by atoms with Crippen LogP contribution in [0.3, 0.4) is 0 Å². The smallest absolute Gasteiger partial charge is 0.168 e. The molecular formula is C10H11BrN2O2. The Bertz CT molecular complexity index is 364. The molecule has 1 aliphatic heterocycles. The highest BCUT2D eigenvalue weighted by atomic mass is 79.9. The molecule has 0 aliphatic carbocycles. The first-order valence-electron chi connectivity index (χ1n) is 4.75. The van der Waals surface area contributed by atoms with Crippen molar-refractivity contribution in [1.82, 2.24) is 4.98 Å². The summed E-state index contributed by atoms with van der Waals surface area (Å²) in [5.74, 6) is 0. The third-order valence-corrected chi connectivity index (χ3v) is 2.91. The minimum absolute atomic E-state index is 0.443. The number of pyridine rings is 1. The molecule has 1 saturated heterocycles. The Morgan fingerprint density at radius 2 is 2.13 bits per heavy atom. The third kappa shape index (κ3) is 2.35. The van der Waals surface area contributed by atoms with E-state index in [2.05, 4.69) is 25.8 Å². The topological polar surface area (TPSA) is 42.4 Å². The number of hydrogen-bond acceptors (Lipinski definition) is 4. The zero-order chi connectivity index (χ0) is 10.7. The van der Waals surface area contributed by atoms with Gasteiger partial charge >= 0.3 is 0 Å². The highest BCUT2D eigenvalue weighted by molar-refractivity contribution is 9.10. The molecule has 0 unspecified atom stereocenters. The predicted octanol–water partition coefficient (Wildman–Crippen LogP) is 1.49. The van der Waals surface area contributed by atoms with Gasteiger partial charge in [-0.25, -0.2) is 4.98 Å². The van der Waals surface area contributed by atoms with Crippen LogP contribution < -0.4 is 4.90 Å². The predicted molar refractivity (Wildman–Crippen MR) is 60.4 cm³/mol. The highest BCUT2D eigenvalue weighted by Gasteiger charge is 2.14. The van der Waals surface area contributed by atoms with E-state index in [0.717, 1.165) is 38.3 Å². The fourth-order valence-electron chi connectivity index (χ4n) is 1.55. The lowest BCUT2D eigenvalue weighted by Crippen LogP contribution is -2.36. The molecule has 1 aromatic heterocycles. The summed E-state index contributed by atoms with van der Waals surface area (Å²) < 4.78 is 5.99. The number of aromatic nitrogens is 1. The number of carbonyl (C=O) groups is 1. The molecule has 1 aliphatic rings. The van der Waals surface area contributed by atoms with Crippen LogP contribution in [0.2, 0.25) is 0 Å². The number of nitrogens with zero attached hydrogens (tertiary/aromatic N) is 2. The van der Waals surface area contributed by atoms with Crippen molar-refractivity contribution in [2.24, 2.45) is 0 Å². The van der Waals surface area contributed by atoms with E-state index in [1.54, 1.807) is 6.07 Å². The first-order chi connectivity index (χ1) is 7.31. The van der Waals surface area contributed by atoms with Gasteiger partial charge in [0.05, 0.1) is 18.9 Å². The molecule has 1 aromatic rings. The van der Waals surface area contributed by atoms with Crippen molar-refractivity contribution in [1.29, 1.82) is 0 Å². The van der Waals surface area contributed by atoms with Gasteiger partial charge in [0.25, 0.3) is 0 Å². The number of aldehydes is 1. The van der Waals surface area contributed by atoms with Crippen LogP contribution in [-0.2, 0) is 4.74 Å². The van der Waals surface area contributed by atoms with E-state index in [0.29, 0.717) is 10.3 Å². The molecule has 5 heteroatoms. The molecule has 0 bridgehead atoms. The fraction of sp³-hybridized carbons (Fsp3) is 0.400. The van der Waals surface area contributed by atoms with Crippen LogP contribution in [0, 0.1) is 0 Å². The largest absolute Gasteiger partial charge is 0.378 e. The maximum absolute atomic E-state index is 10.5. The lowest BCUT2D eigenvalue weighted by Gasteiger charge is -2.29. The van der Waals surface area contributed by atoms with Crippen LogP contribution in [0.4, 0.5) is 5.69 Å². The molecule has 0 atom stereocenters. The van der Waals surface area contributed by atoms with Crippen LogP contribution in [-0.4, -0.2) is 37.6 Å². The summed E-state index contributed by atoms with van der Waals surface area (Å²) in [5, 5.41) is 0. The standard InChI is InChI=1S/C10H11BrN2O2/c11-10-9(2-1-8(7-14)12-10)13-3-5-15-6-4-13/h1-2,7H,3-6H2. The van der Waals surface area contributed by atoms with Gasteiger partial charge in [0.1, 0.15) is 10.3 Å². The minimum atomic E-state index is 0.443. The second-order valence-electron chi connectivity index (χ2n) is 3.26. The number of rotatable bonds is 2. The summed E-state index contributed by atoms with van der Waals surface area (Å²) >= 11 is 3.37. The average Bonchev–Trinajstić information content (AvgIpc) is 2.30. The summed E-state index contributed by atoms with van der Waals surface area (Å²) in [7, 11) is 0. The van der Waals surface area contributed by atoms with Gasteiger partial charge in [-0.1, -0.05) is 0 Å². The number of morpholine rings is 1. The van der Waals surface area contributed by atoms with Crippen LogP contribution in [0.5, 0.6) is 0 Å². The number of carbonyl (C=O) groups excluding carboxylic acids is 1. The van der Waals surface area contributed by atoms with Crippen molar-refractivity contribution in [3.05, 3.63) is 22.4 Å². The van der Waals surface area contributed by atoms with Crippen LogP contribution in [0.15, 0.2) is 16.7 Å². The van der Waals surface area contributed by atoms with E-state index < -0.39 is 0 Å². The van der Waals surface area contributed by atoms with Crippen molar-refractivity contribution in [3.63, 3.8) is 0 Å². The second kappa shape index (κ2) is 4.72. The van der Waals surface area contributed by atoms with Crippen LogP contribution in [0.1, 0.15) is 10.5 Å². The van der Waals surface area contributed by atoms with Gasteiger partial charge in [-0.2, -0.15) is 0 Å². The van der Waals surface area contributed by atoms with E-state index in [1.807, 2.05) is 6.07 Å². The van der Waals surface area contributed by atoms with Gasteiger partial charge in [-0.05, 0) is 28.1 Å². The van der Waals surface area contributed by atoms with E-state index in [9.17, 15) is 4.79 Å². The number of halogens is 1. The first-order valence-corrected chi connectivity index (χ1v) is 5.55. The average molecular weight is 271 g/mol. The summed E-state index contributed by atoms with van der Waals surface area (Å²) in [5.41, 5.74) is 1.46. The zero-order valence-corrected chi connectivity index (χ0v) is 9.74. The fourth-order valence-corrected chi connectivity index (χ4v) is 2.13. The lowest BCUT2D eigenvalue weighted by molar-refractivity contribution is 0.111. The zero-order valence-electron chi connectivity index (χ0n) is 8.15. The maximum atomic E-state index is 10.5. The number of anilines is 1. The summed E-state index contributed by atoms with van der Waals surface area (Å²) in [6, 6.07) is 3.63. The Morgan fingerprint density at radius 3 is 2.73 bits per heavy atom.